The quantitative estimate of drug-likeness (QED) is 0.874. The van der Waals surface area contributed by atoms with Crippen LogP contribution in [-0.4, -0.2) is 41.6 Å². The first-order valence-electron chi connectivity index (χ1n) is 6.47. The number of carbonyl (C=O) groups is 2. The molecule has 2 rings (SSSR count). The molecule has 114 valence electrons. The molecule has 5 nitrogen and oxygen atoms in total. The SMILES string of the molecule is CC(C(=O)O)C1CN(C(=O)COc2ccc(F)cc2Br)C1. The molecule has 1 aliphatic rings. The highest BCUT2D eigenvalue weighted by molar-refractivity contribution is 9.10. The van der Waals surface area contributed by atoms with Crippen LogP contribution in [0.25, 0.3) is 0 Å². The van der Waals surface area contributed by atoms with Crippen LogP contribution in [0.1, 0.15) is 6.92 Å². The fourth-order valence-electron chi connectivity index (χ4n) is 2.06. The lowest BCUT2D eigenvalue weighted by Crippen LogP contribution is -2.54. The number of carboxylic acid groups (broad SMARTS) is 1. The fourth-order valence-corrected chi connectivity index (χ4v) is 2.52. The second-order valence-electron chi connectivity index (χ2n) is 5.05. The zero-order chi connectivity index (χ0) is 15.6. The van der Waals surface area contributed by atoms with Crippen LogP contribution in [-0.2, 0) is 9.59 Å². The normalized spacial score (nSPS) is 16.2. The molecule has 0 radical (unpaired) electrons. The Balaban J connectivity index is 1.80. The second-order valence-corrected chi connectivity index (χ2v) is 5.90. The van der Waals surface area contributed by atoms with E-state index >= 15 is 0 Å². The molecule has 1 aliphatic heterocycles. The van der Waals surface area contributed by atoms with Gasteiger partial charge in [0.15, 0.2) is 6.61 Å². The smallest absolute Gasteiger partial charge is 0.306 e. The molecule has 1 aromatic carbocycles. The third-order valence-corrected chi connectivity index (χ3v) is 4.22. The van der Waals surface area contributed by atoms with Gasteiger partial charge in [-0.25, -0.2) is 4.39 Å². The Morgan fingerprint density at radius 3 is 2.76 bits per heavy atom. The van der Waals surface area contributed by atoms with Gasteiger partial charge in [-0.15, -0.1) is 0 Å². The maximum Gasteiger partial charge on any atom is 0.306 e. The molecule has 7 heteroatoms. The van der Waals surface area contributed by atoms with Gasteiger partial charge in [0.05, 0.1) is 10.4 Å². The molecule has 1 N–H and O–H groups in total. The van der Waals surface area contributed by atoms with Crippen molar-refractivity contribution in [2.24, 2.45) is 11.8 Å². The Hall–Kier alpha value is -1.63. The molecule has 0 bridgehead atoms. The molecule has 1 fully saturated rings. The topological polar surface area (TPSA) is 66.8 Å². The molecule has 1 atom stereocenters. The van der Waals surface area contributed by atoms with Crippen molar-refractivity contribution < 1.29 is 23.8 Å². The number of amides is 1. The van der Waals surface area contributed by atoms with Crippen LogP contribution < -0.4 is 4.74 Å². The van der Waals surface area contributed by atoms with E-state index < -0.39 is 17.7 Å². The van der Waals surface area contributed by atoms with Gasteiger partial charge in [0.25, 0.3) is 5.91 Å². The molecule has 0 saturated carbocycles. The van der Waals surface area contributed by atoms with E-state index in [0.29, 0.717) is 23.3 Å². The summed E-state index contributed by atoms with van der Waals surface area (Å²) in [7, 11) is 0. The van der Waals surface area contributed by atoms with Gasteiger partial charge >= 0.3 is 5.97 Å². The summed E-state index contributed by atoms with van der Waals surface area (Å²) >= 11 is 3.15. The Bertz CT molecular complexity index is 560. The van der Waals surface area contributed by atoms with E-state index in [9.17, 15) is 14.0 Å². The van der Waals surface area contributed by atoms with Crippen molar-refractivity contribution in [1.82, 2.24) is 4.90 Å². The molecule has 1 amide bonds. The van der Waals surface area contributed by atoms with Crippen molar-refractivity contribution in [3.8, 4) is 5.75 Å². The van der Waals surface area contributed by atoms with E-state index in [2.05, 4.69) is 15.9 Å². The number of likely N-dealkylation sites (tertiary alicyclic amines) is 1. The fraction of sp³-hybridized carbons (Fsp3) is 0.429. The molecule has 0 aromatic heterocycles. The lowest BCUT2D eigenvalue weighted by atomic mass is 9.87. The number of benzene rings is 1. The van der Waals surface area contributed by atoms with E-state index in [-0.39, 0.29) is 18.4 Å². The number of halogens is 2. The first kappa shape index (κ1) is 15.8. The summed E-state index contributed by atoms with van der Waals surface area (Å²) < 4.78 is 18.7. The van der Waals surface area contributed by atoms with Gasteiger partial charge in [0, 0.05) is 19.0 Å². The summed E-state index contributed by atoms with van der Waals surface area (Å²) in [4.78, 5) is 24.3. The lowest BCUT2D eigenvalue weighted by molar-refractivity contribution is -0.151. The summed E-state index contributed by atoms with van der Waals surface area (Å²) in [6, 6.07) is 3.95. The summed E-state index contributed by atoms with van der Waals surface area (Å²) in [5.41, 5.74) is 0. The van der Waals surface area contributed by atoms with Crippen LogP contribution >= 0.6 is 15.9 Å². The average molecular weight is 360 g/mol. The van der Waals surface area contributed by atoms with Crippen LogP contribution in [0, 0.1) is 17.7 Å². The number of carboxylic acids is 1. The Morgan fingerprint density at radius 2 is 2.19 bits per heavy atom. The zero-order valence-corrected chi connectivity index (χ0v) is 13.0. The summed E-state index contributed by atoms with van der Waals surface area (Å²) in [5, 5.41) is 8.88. The van der Waals surface area contributed by atoms with Crippen LogP contribution in [0.4, 0.5) is 4.39 Å². The second kappa shape index (κ2) is 6.43. The first-order valence-corrected chi connectivity index (χ1v) is 7.26. The predicted octanol–water partition coefficient (Wildman–Crippen LogP) is 2.15. The number of hydrogen-bond donors (Lipinski definition) is 1. The number of carbonyl (C=O) groups excluding carboxylic acids is 1. The van der Waals surface area contributed by atoms with E-state index in [1.54, 1.807) is 11.8 Å². The summed E-state index contributed by atoms with van der Waals surface area (Å²) in [5.74, 6) is -1.53. The molecule has 1 saturated heterocycles. The standard InChI is InChI=1S/C14H15BrFNO4/c1-8(14(19)20)9-5-17(6-9)13(18)7-21-12-3-2-10(16)4-11(12)15/h2-4,8-9H,5-7H2,1H3,(H,19,20). The maximum atomic E-state index is 12.9. The zero-order valence-electron chi connectivity index (χ0n) is 11.4. The Kier molecular flexibility index (Phi) is 4.82. The minimum atomic E-state index is -0.849. The molecular weight excluding hydrogens is 345 g/mol. The molecule has 21 heavy (non-hydrogen) atoms. The third kappa shape index (κ3) is 3.72. The summed E-state index contributed by atoms with van der Waals surface area (Å²) in [6.07, 6.45) is 0. The Labute approximate surface area is 129 Å². The molecular formula is C14H15BrFNO4. The molecule has 1 unspecified atom stereocenters. The van der Waals surface area contributed by atoms with Crippen molar-refractivity contribution in [3.05, 3.63) is 28.5 Å². The summed E-state index contributed by atoms with van der Waals surface area (Å²) in [6.45, 7) is 2.35. The van der Waals surface area contributed by atoms with Gasteiger partial charge < -0.3 is 14.7 Å². The number of hydrogen-bond acceptors (Lipinski definition) is 3. The van der Waals surface area contributed by atoms with Gasteiger partial charge in [-0.3, -0.25) is 9.59 Å². The van der Waals surface area contributed by atoms with Crippen molar-refractivity contribution in [2.45, 2.75) is 6.92 Å². The largest absolute Gasteiger partial charge is 0.483 e. The van der Waals surface area contributed by atoms with Crippen LogP contribution in [0.2, 0.25) is 0 Å². The monoisotopic (exact) mass is 359 g/mol. The van der Waals surface area contributed by atoms with Crippen molar-refractivity contribution in [2.75, 3.05) is 19.7 Å². The van der Waals surface area contributed by atoms with E-state index in [4.69, 9.17) is 9.84 Å². The molecule has 0 spiro atoms. The number of rotatable bonds is 5. The average Bonchev–Trinajstić information content (AvgIpc) is 2.35. The van der Waals surface area contributed by atoms with Crippen LogP contribution in [0.3, 0.4) is 0 Å². The highest BCUT2D eigenvalue weighted by Crippen LogP contribution is 2.27. The highest BCUT2D eigenvalue weighted by atomic mass is 79.9. The molecule has 1 heterocycles. The van der Waals surface area contributed by atoms with Gasteiger partial charge in [0.1, 0.15) is 11.6 Å². The van der Waals surface area contributed by atoms with Crippen molar-refractivity contribution >= 4 is 27.8 Å². The number of aliphatic carboxylic acids is 1. The highest BCUT2D eigenvalue weighted by Gasteiger charge is 2.37. The maximum absolute atomic E-state index is 12.9. The van der Waals surface area contributed by atoms with Gasteiger partial charge in [-0.1, -0.05) is 6.92 Å². The van der Waals surface area contributed by atoms with Crippen molar-refractivity contribution in [1.29, 1.82) is 0 Å². The number of ether oxygens (including phenoxy) is 1. The number of nitrogens with zero attached hydrogens (tertiary/aromatic N) is 1. The lowest BCUT2D eigenvalue weighted by Gasteiger charge is -2.41. The van der Waals surface area contributed by atoms with Crippen LogP contribution in [0.5, 0.6) is 5.75 Å². The van der Waals surface area contributed by atoms with Crippen LogP contribution in [0.15, 0.2) is 22.7 Å². The Morgan fingerprint density at radius 1 is 1.52 bits per heavy atom. The van der Waals surface area contributed by atoms with Gasteiger partial charge in [-0.05, 0) is 34.1 Å². The minimum absolute atomic E-state index is 0.0102. The minimum Gasteiger partial charge on any atom is -0.483 e. The van der Waals surface area contributed by atoms with E-state index in [1.165, 1.54) is 18.2 Å². The predicted molar refractivity (Wildman–Crippen MR) is 76.5 cm³/mol. The third-order valence-electron chi connectivity index (χ3n) is 3.60. The molecule has 1 aromatic rings. The van der Waals surface area contributed by atoms with E-state index in [1.807, 2.05) is 0 Å². The van der Waals surface area contributed by atoms with E-state index in [0.717, 1.165) is 0 Å². The van der Waals surface area contributed by atoms with Gasteiger partial charge in [0.2, 0.25) is 0 Å². The van der Waals surface area contributed by atoms with Gasteiger partial charge in [-0.2, -0.15) is 0 Å². The first-order chi connectivity index (χ1) is 9.88. The van der Waals surface area contributed by atoms with Crippen molar-refractivity contribution in [3.63, 3.8) is 0 Å². The molecule has 0 aliphatic carbocycles.